The fraction of sp³-hybridized carbons (Fsp3) is 0.902. The van der Waals surface area contributed by atoms with Gasteiger partial charge in [-0.15, -0.1) is 10.2 Å². The predicted molar refractivity (Wildman–Crippen MR) is 198 cm³/mol. The van der Waals surface area contributed by atoms with Crippen molar-refractivity contribution in [2.45, 2.75) is 173 Å². The van der Waals surface area contributed by atoms with Gasteiger partial charge in [-0.1, -0.05) is 38.1 Å². The van der Waals surface area contributed by atoms with Crippen molar-refractivity contribution in [3.8, 4) is 0 Å². The highest BCUT2D eigenvalue weighted by Gasteiger charge is 2.71. The second-order valence-corrected chi connectivity index (χ2v) is 19.1. The largest absolute Gasteiger partial charge is 0.352 e. The van der Waals surface area contributed by atoms with E-state index in [9.17, 15) is 0 Å². The molecule has 8 saturated heterocycles. The first-order valence-electron chi connectivity index (χ1n) is 21.9. The molecule has 0 N–H and O–H groups in total. The van der Waals surface area contributed by atoms with E-state index in [1.807, 2.05) is 35.6 Å². The van der Waals surface area contributed by atoms with E-state index in [4.69, 9.17) is 48.0 Å². The summed E-state index contributed by atoms with van der Waals surface area (Å²) in [6.45, 7) is 15.4. The highest BCUT2D eigenvalue weighted by atomic mass is 17.3. The Bertz CT molecular complexity index is 1630. The molecule has 0 amide bonds. The van der Waals surface area contributed by atoms with E-state index in [0.717, 1.165) is 69.2 Å². The molecule has 8 aliphatic heterocycles. The second kappa shape index (κ2) is 14.8. The molecule has 16 heteroatoms. The summed E-state index contributed by atoms with van der Waals surface area (Å²) in [5.41, 5.74) is 0.603. The molecule has 12 rings (SSSR count). The monoisotopic (exact) mass is 798 g/mol. The lowest BCUT2D eigenvalue weighted by Crippen LogP contribution is -2.70. The Morgan fingerprint density at radius 1 is 0.614 bits per heavy atom. The minimum Gasteiger partial charge on any atom is -0.352 e. The molecule has 2 unspecified atom stereocenters. The number of aromatic nitrogens is 6. The zero-order valence-corrected chi connectivity index (χ0v) is 34.5. The normalized spacial score (nSPS) is 47.3. The van der Waals surface area contributed by atoms with Crippen LogP contribution in [0.5, 0.6) is 0 Å². The molecule has 0 radical (unpaired) electrons. The minimum absolute atomic E-state index is 0.138. The van der Waals surface area contributed by atoms with Crippen LogP contribution in [0.1, 0.15) is 111 Å². The summed E-state index contributed by atoms with van der Waals surface area (Å²) in [5, 5.41) is 17.6. The molecular weight excluding hydrogens is 736 g/mol. The Hall–Kier alpha value is -2.12. The van der Waals surface area contributed by atoms with E-state index in [2.05, 4.69) is 48.3 Å². The molecule has 10 aliphatic rings. The van der Waals surface area contributed by atoms with Gasteiger partial charge in [0.25, 0.3) is 0 Å². The lowest BCUT2D eigenvalue weighted by molar-refractivity contribution is -0.577. The molecule has 0 aromatic carbocycles. The number of ether oxygens (including phenoxy) is 6. The van der Waals surface area contributed by atoms with Crippen molar-refractivity contribution in [3.63, 3.8) is 0 Å². The van der Waals surface area contributed by atoms with Crippen molar-refractivity contribution >= 4 is 0 Å². The highest BCUT2D eigenvalue weighted by Crippen LogP contribution is 2.62. The third-order valence-corrected chi connectivity index (χ3v) is 15.4. The Labute approximate surface area is 335 Å². The van der Waals surface area contributed by atoms with Crippen molar-refractivity contribution in [1.29, 1.82) is 0 Å². The van der Waals surface area contributed by atoms with Crippen LogP contribution in [0.3, 0.4) is 0 Å². The van der Waals surface area contributed by atoms with E-state index >= 15 is 0 Å². The molecule has 2 aromatic heterocycles. The molecule has 10 fully saturated rings. The molecule has 16 nitrogen and oxygen atoms in total. The maximum Gasteiger partial charge on any atom is 0.201 e. The number of nitrogens with zero attached hydrogens (tertiary/aromatic N) is 6. The summed E-state index contributed by atoms with van der Waals surface area (Å²) in [7, 11) is 0. The van der Waals surface area contributed by atoms with Crippen LogP contribution in [-0.2, 0) is 73.9 Å². The maximum atomic E-state index is 6.57. The van der Waals surface area contributed by atoms with Crippen molar-refractivity contribution < 1.29 is 48.0 Å². The van der Waals surface area contributed by atoms with Crippen molar-refractivity contribution in [1.82, 2.24) is 30.0 Å². The van der Waals surface area contributed by atoms with Crippen LogP contribution in [0.4, 0.5) is 0 Å². The molecular formula is C41H62N6O10. The molecule has 57 heavy (non-hydrogen) atoms. The zero-order chi connectivity index (χ0) is 39.2. The van der Waals surface area contributed by atoms with Crippen molar-refractivity contribution in [2.24, 2.45) is 47.3 Å². The van der Waals surface area contributed by atoms with Gasteiger partial charge in [-0.25, -0.2) is 19.6 Å². The first kappa shape index (κ1) is 39.0. The fourth-order valence-electron chi connectivity index (χ4n) is 12.2. The van der Waals surface area contributed by atoms with Gasteiger partial charge in [0.15, 0.2) is 36.4 Å². The first-order chi connectivity index (χ1) is 27.5. The second-order valence-electron chi connectivity index (χ2n) is 19.1. The van der Waals surface area contributed by atoms with Gasteiger partial charge in [0, 0.05) is 74.8 Å². The van der Waals surface area contributed by atoms with Gasteiger partial charge >= 0.3 is 0 Å². The molecule has 2 aromatic rings. The van der Waals surface area contributed by atoms with Crippen molar-refractivity contribution in [3.05, 3.63) is 23.8 Å². The van der Waals surface area contributed by atoms with Crippen LogP contribution < -0.4 is 0 Å². The number of rotatable bonds is 12. The standard InChI is InChI=1S/C41H62N6O10/c1-24-8-10-32-26(3)34(50-36-40(32)30(24)12-16-38(5,52-36)54-56-40)48-20-14-28-22-46(44-42-28)18-7-19-47-23-29(43-45-47)15-21-49-35-27(4)33-11-9-25(2)31-13-17-39(6)53-37(51-35)41(31,33)57-55-39/h22-27,30-37H,7-21H2,1-6H3/t24-,25-,26-,27-,30+,31+,32+,33+,34-,35-,36-,37-,38?,39?,40-,41-/m1/s1. The van der Waals surface area contributed by atoms with Crippen LogP contribution >= 0.6 is 0 Å². The van der Waals surface area contributed by atoms with E-state index in [0.29, 0.717) is 62.8 Å². The number of hydrogen-bond acceptors (Lipinski definition) is 14. The average molecular weight is 799 g/mol. The van der Waals surface area contributed by atoms with E-state index in [1.165, 1.54) is 0 Å². The highest BCUT2D eigenvalue weighted by molar-refractivity contribution is 5.10. The summed E-state index contributed by atoms with van der Waals surface area (Å²) >= 11 is 0. The molecule has 16 atom stereocenters. The Morgan fingerprint density at radius 3 is 1.53 bits per heavy atom. The quantitative estimate of drug-likeness (QED) is 0.249. The third-order valence-electron chi connectivity index (χ3n) is 15.4. The van der Waals surface area contributed by atoms with Gasteiger partial charge in [0.2, 0.25) is 11.6 Å². The van der Waals surface area contributed by atoms with Crippen LogP contribution in [0.15, 0.2) is 12.4 Å². The Morgan fingerprint density at radius 2 is 1.07 bits per heavy atom. The van der Waals surface area contributed by atoms with Crippen LogP contribution in [-0.4, -0.2) is 91.1 Å². The van der Waals surface area contributed by atoms with Gasteiger partial charge in [-0.3, -0.25) is 9.36 Å². The summed E-state index contributed by atoms with van der Waals surface area (Å²) in [5.74, 6) is 0.882. The zero-order valence-electron chi connectivity index (χ0n) is 34.5. The first-order valence-corrected chi connectivity index (χ1v) is 21.9. The van der Waals surface area contributed by atoms with Crippen LogP contribution in [0, 0.1) is 47.3 Å². The van der Waals surface area contributed by atoms with Gasteiger partial charge in [0.1, 0.15) is 0 Å². The fourth-order valence-corrected chi connectivity index (χ4v) is 12.2. The lowest BCUT2D eigenvalue weighted by atomic mass is 9.58. The molecule has 2 spiro atoms. The molecule has 2 aliphatic carbocycles. The molecule has 4 bridgehead atoms. The SMILES string of the molecule is C[C@H]1[C@H](OCCc2cn(CCCn3cc(CCO[C@@H]4O[C@@H]5OC6(C)CC[C@H]7[C@H](C)CC[C@@H]([C@H]4C)[C@@]57OO6)nn3)nn2)O[C@@H]2OC3(C)CC[C@H]4[C@H](C)CC[C@@H]1[C@@]24OO3. The Kier molecular flexibility index (Phi) is 10.1. The average Bonchev–Trinajstić information content (AvgIpc) is 3.70. The van der Waals surface area contributed by atoms with Crippen molar-refractivity contribution in [2.75, 3.05) is 13.2 Å². The molecule has 316 valence electrons. The summed E-state index contributed by atoms with van der Waals surface area (Å²) in [4.78, 5) is 24.4. The van der Waals surface area contributed by atoms with Gasteiger partial charge in [-0.05, 0) is 82.5 Å². The minimum atomic E-state index is -0.796. The van der Waals surface area contributed by atoms with Gasteiger partial charge in [0.05, 0.1) is 24.6 Å². The van der Waals surface area contributed by atoms with E-state index in [-0.39, 0.29) is 36.3 Å². The molecule has 10 heterocycles. The predicted octanol–water partition coefficient (Wildman–Crippen LogP) is 5.49. The maximum absolute atomic E-state index is 6.57. The summed E-state index contributed by atoms with van der Waals surface area (Å²) in [6.07, 6.45) is 12.3. The van der Waals surface area contributed by atoms with E-state index in [1.54, 1.807) is 0 Å². The third kappa shape index (κ3) is 6.63. The van der Waals surface area contributed by atoms with E-state index < -0.39 is 35.4 Å². The van der Waals surface area contributed by atoms with Gasteiger partial charge in [-0.2, -0.15) is 0 Å². The summed E-state index contributed by atoms with van der Waals surface area (Å²) < 4.78 is 42.6. The topological polar surface area (TPSA) is 154 Å². The number of hydrogen-bond donors (Lipinski definition) is 0. The summed E-state index contributed by atoms with van der Waals surface area (Å²) in [6, 6.07) is 0. The smallest absolute Gasteiger partial charge is 0.201 e. The lowest BCUT2D eigenvalue weighted by Gasteiger charge is -2.60. The Balaban J connectivity index is 0.671. The molecule has 2 saturated carbocycles. The van der Waals surface area contributed by atoms with Gasteiger partial charge < -0.3 is 28.4 Å². The number of fused-ring (bicyclic) bond motifs is 4. The van der Waals surface area contributed by atoms with Crippen LogP contribution in [0.2, 0.25) is 0 Å². The van der Waals surface area contributed by atoms with Crippen LogP contribution in [0.25, 0.3) is 0 Å². The number of aryl methyl sites for hydroxylation is 2.